The molecule has 2 N–H and O–H groups in total. The average molecular weight is 207 g/mol. The standard InChI is InChI=1S/C6H7F2N3OS/c7-6(8)1-3(6)2-12-5-11-10-4(9)13-5/h3H,1-2H2,(H2,9,10). The first kappa shape index (κ1) is 8.61. The fourth-order valence-electron chi connectivity index (χ4n) is 0.901. The van der Waals surface area contributed by atoms with Crippen molar-refractivity contribution in [2.24, 2.45) is 5.92 Å². The van der Waals surface area contributed by atoms with Crippen LogP contribution in [0.4, 0.5) is 13.9 Å². The van der Waals surface area contributed by atoms with Gasteiger partial charge >= 0.3 is 0 Å². The lowest BCUT2D eigenvalue weighted by molar-refractivity contribution is 0.0854. The van der Waals surface area contributed by atoms with Crippen LogP contribution in [0.1, 0.15) is 6.42 Å². The van der Waals surface area contributed by atoms with E-state index in [9.17, 15) is 8.78 Å². The van der Waals surface area contributed by atoms with Gasteiger partial charge in [0, 0.05) is 6.42 Å². The molecule has 1 fully saturated rings. The molecule has 1 aliphatic carbocycles. The number of nitrogen functional groups attached to an aromatic ring is 1. The Hall–Kier alpha value is -0.980. The first-order valence-electron chi connectivity index (χ1n) is 3.67. The molecule has 1 aliphatic rings. The van der Waals surface area contributed by atoms with E-state index in [2.05, 4.69) is 10.2 Å². The lowest BCUT2D eigenvalue weighted by atomic mass is 10.4. The molecule has 13 heavy (non-hydrogen) atoms. The van der Waals surface area contributed by atoms with Gasteiger partial charge in [0.1, 0.15) is 0 Å². The highest BCUT2D eigenvalue weighted by Gasteiger charge is 2.57. The van der Waals surface area contributed by atoms with E-state index in [1.807, 2.05) is 0 Å². The summed E-state index contributed by atoms with van der Waals surface area (Å²) in [5.41, 5.74) is 5.27. The van der Waals surface area contributed by atoms with Crippen LogP contribution in [0.2, 0.25) is 0 Å². The first-order chi connectivity index (χ1) is 6.08. The van der Waals surface area contributed by atoms with Crippen LogP contribution in [0.3, 0.4) is 0 Å². The number of nitrogens with zero attached hydrogens (tertiary/aromatic N) is 2. The molecule has 1 saturated carbocycles. The van der Waals surface area contributed by atoms with E-state index in [4.69, 9.17) is 10.5 Å². The van der Waals surface area contributed by atoms with E-state index in [1.165, 1.54) is 0 Å². The van der Waals surface area contributed by atoms with Crippen LogP contribution in [-0.2, 0) is 0 Å². The van der Waals surface area contributed by atoms with Crippen molar-refractivity contribution in [1.82, 2.24) is 10.2 Å². The molecular formula is C6H7F2N3OS. The van der Waals surface area contributed by atoms with Gasteiger partial charge in [0.15, 0.2) is 0 Å². The number of ether oxygens (including phenoxy) is 1. The highest BCUT2D eigenvalue weighted by Crippen LogP contribution is 2.48. The van der Waals surface area contributed by atoms with Crippen LogP contribution >= 0.6 is 11.3 Å². The predicted molar refractivity (Wildman–Crippen MR) is 42.9 cm³/mol. The van der Waals surface area contributed by atoms with Crippen molar-refractivity contribution < 1.29 is 13.5 Å². The van der Waals surface area contributed by atoms with Crippen LogP contribution in [0, 0.1) is 5.92 Å². The first-order valence-corrected chi connectivity index (χ1v) is 4.49. The fourth-order valence-corrected chi connectivity index (χ4v) is 1.37. The molecule has 1 heterocycles. The Morgan fingerprint density at radius 1 is 1.62 bits per heavy atom. The predicted octanol–water partition coefficient (Wildman–Crippen LogP) is 1.15. The molecule has 7 heteroatoms. The van der Waals surface area contributed by atoms with Gasteiger partial charge in [-0.05, 0) is 11.3 Å². The monoisotopic (exact) mass is 207 g/mol. The Kier molecular flexibility index (Phi) is 1.83. The smallest absolute Gasteiger partial charge is 0.295 e. The van der Waals surface area contributed by atoms with Crippen molar-refractivity contribution in [1.29, 1.82) is 0 Å². The Labute approximate surface area is 76.7 Å². The minimum atomic E-state index is -2.55. The summed E-state index contributed by atoms with van der Waals surface area (Å²) >= 11 is 1.05. The Morgan fingerprint density at radius 2 is 2.31 bits per heavy atom. The van der Waals surface area contributed by atoms with E-state index in [1.54, 1.807) is 0 Å². The topological polar surface area (TPSA) is 61.0 Å². The van der Waals surface area contributed by atoms with Crippen molar-refractivity contribution in [2.45, 2.75) is 12.3 Å². The summed E-state index contributed by atoms with van der Waals surface area (Å²) in [5.74, 6) is -3.21. The van der Waals surface area contributed by atoms with E-state index < -0.39 is 11.8 Å². The molecule has 1 aromatic rings. The maximum absolute atomic E-state index is 12.4. The van der Waals surface area contributed by atoms with Crippen molar-refractivity contribution in [3.05, 3.63) is 0 Å². The molecule has 0 aromatic carbocycles. The molecule has 2 rings (SSSR count). The van der Waals surface area contributed by atoms with Gasteiger partial charge in [-0.25, -0.2) is 8.78 Å². The summed E-state index contributed by atoms with van der Waals surface area (Å²) in [4.78, 5) is 0. The molecule has 0 saturated heterocycles. The normalized spacial score (nSPS) is 24.3. The zero-order chi connectivity index (χ0) is 9.47. The molecule has 0 bridgehead atoms. The summed E-state index contributed by atoms with van der Waals surface area (Å²) < 4.78 is 29.7. The summed E-state index contributed by atoms with van der Waals surface area (Å²) in [6.45, 7) is -0.0123. The summed E-state index contributed by atoms with van der Waals surface area (Å²) in [5, 5.41) is 7.55. The van der Waals surface area contributed by atoms with Gasteiger partial charge in [-0.1, -0.05) is 5.10 Å². The van der Waals surface area contributed by atoms with E-state index >= 15 is 0 Å². The van der Waals surface area contributed by atoms with Crippen molar-refractivity contribution >= 4 is 16.5 Å². The van der Waals surface area contributed by atoms with Gasteiger partial charge in [-0.2, -0.15) is 0 Å². The second-order valence-corrected chi connectivity index (χ2v) is 3.85. The van der Waals surface area contributed by atoms with Crippen molar-refractivity contribution in [2.75, 3.05) is 12.3 Å². The summed E-state index contributed by atoms with van der Waals surface area (Å²) in [6.07, 6.45) is -0.0959. The highest BCUT2D eigenvalue weighted by molar-refractivity contribution is 7.16. The largest absolute Gasteiger partial charge is 0.468 e. The second-order valence-electron chi connectivity index (χ2n) is 2.88. The zero-order valence-electron chi connectivity index (χ0n) is 6.54. The number of halogens is 2. The number of hydrogen-bond acceptors (Lipinski definition) is 5. The molecule has 1 atom stereocenters. The maximum Gasteiger partial charge on any atom is 0.295 e. The van der Waals surface area contributed by atoms with Gasteiger partial charge in [-0.15, -0.1) is 5.10 Å². The summed E-state index contributed by atoms with van der Waals surface area (Å²) in [6, 6.07) is 0. The lowest BCUT2D eigenvalue weighted by Crippen LogP contribution is -2.05. The van der Waals surface area contributed by atoms with E-state index in [-0.39, 0.29) is 23.4 Å². The molecule has 0 spiro atoms. The van der Waals surface area contributed by atoms with Crippen molar-refractivity contribution in [3.8, 4) is 5.19 Å². The fraction of sp³-hybridized carbons (Fsp3) is 0.667. The quantitative estimate of drug-likeness (QED) is 0.807. The minimum absolute atomic E-state index is 0.0123. The van der Waals surface area contributed by atoms with Gasteiger partial charge in [-0.3, -0.25) is 0 Å². The third-order valence-corrected chi connectivity index (χ3v) is 2.45. The van der Waals surface area contributed by atoms with Crippen LogP contribution in [0.15, 0.2) is 0 Å². The Balaban J connectivity index is 1.81. The SMILES string of the molecule is Nc1nnc(OCC2CC2(F)F)s1. The minimum Gasteiger partial charge on any atom is -0.468 e. The number of alkyl halides is 2. The molecule has 0 aliphatic heterocycles. The Bertz CT molecular complexity index is 317. The van der Waals surface area contributed by atoms with Gasteiger partial charge in [0.2, 0.25) is 5.13 Å². The third-order valence-electron chi connectivity index (χ3n) is 1.79. The van der Waals surface area contributed by atoms with E-state index in [0.29, 0.717) is 0 Å². The number of nitrogens with two attached hydrogens (primary N) is 1. The third kappa shape index (κ3) is 1.85. The number of hydrogen-bond donors (Lipinski definition) is 1. The molecule has 0 radical (unpaired) electrons. The molecule has 4 nitrogen and oxygen atoms in total. The van der Waals surface area contributed by atoms with E-state index in [0.717, 1.165) is 11.3 Å². The lowest BCUT2D eigenvalue weighted by Gasteiger charge is -1.98. The summed E-state index contributed by atoms with van der Waals surface area (Å²) in [7, 11) is 0. The molecule has 0 amide bonds. The van der Waals surface area contributed by atoms with Gasteiger partial charge in [0.25, 0.3) is 11.1 Å². The van der Waals surface area contributed by atoms with Gasteiger partial charge in [0.05, 0.1) is 12.5 Å². The number of aromatic nitrogens is 2. The average Bonchev–Trinajstić information content (AvgIpc) is 2.45. The van der Waals surface area contributed by atoms with Crippen LogP contribution in [-0.4, -0.2) is 22.7 Å². The Morgan fingerprint density at radius 3 is 2.77 bits per heavy atom. The molecule has 72 valence electrons. The zero-order valence-corrected chi connectivity index (χ0v) is 7.35. The number of rotatable bonds is 3. The second kappa shape index (κ2) is 2.76. The van der Waals surface area contributed by atoms with Crippen LogP contribution in [0.5, 0.6) is 5.19 Å². The molecular weight excluding hydrogens is 200 g/mol. The molecule has 1 aromatic heterocycles. The maximum atomic E-state index is 12.4. The van der Waals surface area contributed by atoms with Crippen LogP contribution in [0.25, 0.3) is 0 Å². The highest BCUT2D eigenvalue weighted by atomic mass is 32.1. The van der Waals surface area contributed by atoms with Crippen molar-refractivity contribution in [3.63, 3.8) is 0 Å². The van der Waals surface area contributed by atoms with Crippen LogP contribution < -0.4 is 10.5 Å². The van der Waals surface area contributed by atoms with Gasteiger partial charge < -0.3 is 10.5 Å². The number of anilines is 1. The molecule has 1 unspecified atom stereocenters.